The van der Waals surface area contributed by atoms with Crippen LogP contribution in [-0.2, 0) is 4.74 Å². The molecule has 1 saturated heterocycles. The van der Waals surface area contributed by atoms with Crippen LogP contribution in [0, 0.1) is 6.92 Å². The number of nitrogens with one attached hydrogen (secondary N) is 1. The number of benzene rings is 1. The average Bonchev–Trinajstić information content (AvgIpc) is 3.36. The summed E-state index contributed by atoms with van der Waals surface area (Å²) in [4.78, 5) is 24.5. The van der Waals surface area contributed by atoms with E-state index in [1.807, 2.05) is 62.1 Å². The lowest BCUT2D eigenvalue weighted by atomic mass is 10.2. The zero-order chi connectivity index (χ0) is 21.1. The molecule has 4 rings (SSSR count). The fraction of sp³-hybridized carbons (Fsp3) is 0.318. The number of nitrogens with zero attached hydrogens (tertiary/aromatic N) is 4. The Labute approximate surface area is 175 Å². The van der Waals surface area contributed by atoms with Gasteiger partial charge in [-0.25, -0.2) is 14.8 Å². The van der Waals surface area contributed by atoms with E-state index >= 15 is 0 Å². The molecule has 8 nitrogen and oxygen atoms in total. The first kappa shape index (κ1) is 19.9. The number of hydrogen-bond donors (Lipinski definition) is 1. The molecule has 2 aromatic heterocycles. The van der Waals surface area contributed by atoms with Crippen LogP contribution in [0.25, 0.3) is 11.3 Å². The lowest BCUT2D eigenvalue weighted by Crippen LogP contribution is -2.28. The minimum atomic E-state index is -0.146. The van der Waals surface area contributed by atoms with Gasteiger partial charge < -0.3 is 14.5 Å². The van der Waals surface area contributed by atoms with E-state index in [-0.39, 0.29) is 12.1 Å². The predicted molar refractivity (Wildman–Crippen MR) is 115 cm³/mol. The monoisotopic (exact) mass is 407 g/mol. The second-order valence-electron chi connectivity index (χ2n) is 7.21. The Bertz CT molecular complexity index is 1030. The third kappa shape index (κ3) is 3.99. The van der Waals surface area contributed by atoms with Gasteiger partial charge in [-0.2, -0.15) is 0 Å². The maximum absolute atomic E-state index is 12.1. The number of hydrogen-bond acceptors (Lipinski definition) is 6. The van der Waals surface area contributed by atoms with Crippen molar-refractivity contribution in [3.63, 3.8) is 0 Å². The molecule has 1 aliphatic heterocycles. The summed E-state index contributed by atoms with van der Waals surface area (Å²) in [5.41, 5.74) is 2.86. The van der Waals surface area contributed by atoms with E-state index in [2.05, 4.69) is 15.3 Å². The van der Waals surface area contributed by atoms with E-state index in [9.17, 15) is 4.79 Å². The van der Waals surface area contributed by atoms with Crippen molar-refractivity contribution in [1.29, 1.82) is 0 Å². The van der Waals surface area contributed by atoms with Crippen molar-refractivity contribution in [2.75, 3.05) is 29.7 Å². The number of urea groups is 1. The van der Waals surface area contributed by atoms with Crippen LogP contribution in [0.5, 0.6) is 0 Å². The number of ether oxygens (including phenoxy) is 1. The number of carbonyl (C=O) groups excluding carboxylic acids is 1. The largest absolute Gasteiger partial charge is 0.423 e. The topological polar surface area (TPSA) is 83.7 Å². The third-order valence-electron chi connectivity index (χ3n) is 4.93. The summed E-state index contributed by atoms with van der Waals surface area (Å²) in [7, 11) is 0. The predicted octanol–water partition coefficient (Wildman–Crippen LogP) is 4.10. The molecular formula is C22H25N5O3. The summed E-state index contributed by atoms with van der Waals surface area (Å²) in [6.45, 7) is 7.43. The maximum atomic E-state index is 12.1. The summed E-state index contributed by atoms with van der Waals surface area (Å²) in [5, 5.41) is 2.88. The minimum Gasteiger partial charge on any atom is -0.423 e. The summed E-state index contributed by atoms with van der Waals surface area (Å²) in [5.74, 6) is 1.17. The van der Waals surface area contributed by atoms with Crippen LogP contribution in [0.2, 0.25) is 0 Å². The molecule has 0 saturated carbocycles. The molecule has 1 unspecified atom stereocenters. The van der Waals surface area contributed by atoms with Crippen LogP contribution in [0.15, 0.2) is 53.2 Å². The molecule has 1 fully saturated rings. The van der Waals surface area contributed by atoms with Crippen LogP contribution in [0.4, 0.5) is 22.3 Å². The van der Waals surface area contributed by atoms with E-state index in [1.54, 1.807) is 17.3 Å². The molecule has 1 N–H and O–H groups in total. The maximum Gasteiger partial charge on any atom is 0.323 e. The molecule has 0 radical (unpaired) electrons. The molecule has 3 aromatic rings. The van der Waals surface area contributed by atoms with Gasteiger partial charge in [0.2, 0.25) is 0 Å². The summed E-state index contributed by atoms with van der Waals surface area (Å²) >= 11 is 0. The van der Waals surface area contributed by atoms with Crippen LogP contribution < -0.4 is 15.1 Å². The van der Waals surface area contributed by atoms with Gasteiger partial charge in [-0.1, -0.05) is 18.2 Å². The highest BCUT2D eigenvalue weighted by atomic mass is 16.5. The third-order valence-corrected chi connectivity index (χ3v) is 4.93. The van der Waals surface area contributed by atoms with Crippen LogP contribution >= 0.6 is 0 Å². The van der Waals surface area contributed by atoms with Gasteiger partial charge in [0.1, 0.15) is 12.5 Å². The second-order valence-corrected chi connectivity index (χ2v) is 7.21. The number of carbonyl (C=O) groups is 1. The SMILES string of the molecule is CCOCN(c1ncc(-c2ccnc(N3CC(C)NC3=O)c2)o1)c1ccccc1C. The van der Waals surface area contributed by atoms with Crippen molar-refractivity contribution in [2.45, 2.75) is 26.8 Å². The lowest BCUT2D eigenvalue weighted by molar-refractivity contribution is 0.151. The van der Waals surface area contributed by atoms with Gasteiger partial charge in [0.25, 0.3) is 0 Å². The Morgan fingerprint density at radius 3 is 2.87 bits per heavy atom. The first-order valence-corrected chi connectivity index (χ1v) is 9.98. The van der Waals surface area contributed by atoms with Crippen molar-refractivity contribution in [1.82, 2.24) is 15.3 Å². The molecule has 0 spiro atoms. The lowest BCUT2D eigenvalue weighted by Gasteiger charge is -2.22. The Hall–Kier alpha value is -3.39. The number of para-hydroxylation sites is 1. The number of aryl methyl sites for hydroxylation is 1. The smallest absolute Gasteiger partial charge is 0.323 e. The Balaban J connectivity index is 1.63. The standard InChI is InChI=1S/C22H25N5O3/c1-4-29-14-27(18-8-6-5-7-15(18)2)22-24-12-19(30-22)17-9-10-23-20(11-17)26-13-16(3)25-21(26)28/h5-12,16H,4,13-14H2,1-3H3,(H,25,28). The number of amides is 2. The number of rotatable bonds is 7. The summed E-state index contributed by atoms with van der Waals surface area (Å²) < 4.78 is 11.7. The first-order chi connectivity index (χ1) is 14.6. The summed E-state index contributed by atoms with van der Waals surface area (Å²) in [6, 6.07) is 12.1. The van der Waals surface area contributed by atoms with Gasteiger partial charge in [-0.05, 0) is 44.5 Å². The van der Waals surface area contributed by atoms with Crippen molar-refractivity contribution in [3.8, 4) is 11.3 Å². The molecule has 0 bridgehead atoms. The van der Waals surface area contributed by atoms with Crippen molar-refractivity contribution in [2.24, 2.45) is 0 Å². The van der Waals surface area contributed by atoms with E-state index in [0.717, 1.165) is 16.8 Å². The number of oxazole rings is 1. The molecule has 0 aliphatic carbocycles. The molecule has 3 heterocycles. The first-order valence-electron chi connectivity index (χ1n) is 9.98. The van der Waals surface area contributed by atoms with Gasteiger partial charge in [-0.15, -0.1) is 0 Å². The highest BCUT2D eigenvalue weighted by molar-refractivity contribution is 5.94. The van der Waals surface area contributed by atoms with Crippen LogP contribution in [-0.4, -0.2) is 41.9 Å². The van der Waals surface area contributed by atoms with E-state index in [4.69, 9.17) is 9.15 Å². The van der Waals surface area contributed by atoms with Gasteiger partial charge in [0.05, 0.1) is 11.9 Å². The zero-order valence-corrected chi connectivity index (χ0v) is 17.3. The van der Waals surface area contributed by atoms with Gasteiger partial charge in [-0.3, -0.25) is 9.80 Å². The molecule has 30 heavy (non-hydrogen) atoms. The molecule has 1 aromatic carbocycles. The molecular weight excluding hydrogens is 382 g/mol. The number of anilines is 3. The molecule has 156 valence electrons. The quantitative estimate of drug-likeness (QED) is 0.594. The number of aromatic nitrogens is 2. The van der Waals surface area contributed by atoms with Crippen LogP contribution in [0.1, 0.15) is 19.4 Å². The minimum absolute atomic E-state index is 0.0843. The molecule has 1 atom stereocenters. The van der Waals surface area contributed by atoms with Crippen LogP contribution in [0.3, 0.4) is 0 Å². The van der Waals surface area contributed by atoms with Gasteiger partial charge >= 0.3 is 12.0 Å². The Kier molecular flexibility index (Phi) is 5.67. The van der Waals surface area contributed by atoms with E-state index < -0.39 is 0 Å². The van der Waals surface area contributed by atoms with Gasteiger partial charge in [0, 0.05) is 31.0 Å². The average molecular weight is 407 g/mol. The Morgan fingerprint density at radius 2 is 2.13 bits per heavy atom. The summed E-state index contributed by atoms with van der Waals surface area (Å²) in [6.07, 6.45) is 3.35. The van der Waals surface area contributed by atoms with Gasteiger partial charge in [0.15, 0.2) is 5.76 Å². The normalized spacial score (nSPS) is 16.0. The fourth-order valence-electron chi connectivity index (χ4n) is 3.41. The molecule has 1 aliphatic rings. The molecule has 2 amide bonds. The highest BCUT2D eigenvalue weighted by Crippen LogP contribution is 2.32. The highest BCUT2D eigenvalue weighted by Gasteiger charge is 2.28. The van der Waals surface area contributed by atoms with E-state index in [0.29, 0.717) is 37.5 Å². The van der Waals surface area contributed by atoms with Crippen molar-refractivity contribution < 1.29 is 13.9 Å². The van der Waals surface area contributed by atoms with E-state index in [1.165, 1.54) is 0 Å². The number of pyridine rings is 1. The zero-order valence-electron chi connectivity index (χ0n) is 17.3. The fourth-order valence-corrected chi connectivity index (χ4v) is 3.41. The van der Waals surface area contributed by atoms with Crippen molar-refractivity contribution in [3.05, 3.63) is 54.4 Å². The Morgan fingerprint density at radius 1 is 1.30 bits per heavy atom. The van der Waals surface area contributed by atoms with Crippen molar-refractivity contribution >= 4 is 23.6 Å². The molecule has 8 heteroatoms. The second kappa shape index (κ2) is 8.54.